The molecule has 2 fully saturated rings. The molecule has 2 rings (SSSR count). The summed E-state index contributed by atoms with van der Waals surface area (Å²) in [5, 5.41) is 16.3. The first kappa shape index (κ1) is 14.5. The molecular weight excluding hydrogens is 278 g/mol. The smallest absolute Gasteiger partial charge is 0.475 e. The second-order valence-electron chi connectivity index (χ2n) is 4.40. The SMILES string of the molecule is O=C(O)CCC(=O)O[C@H]1CO[C@H]2[C@@H]1OC[C@H]2O[N+](=O)O. The number of fused-ring (bicyclic) bond motifs is 1. The lowest BCUT2D eigenvalue weighted by Gasteiger charge is -2.15. The maximum atomic E-state index is 11.4. The fourth-order valence-electron chi connectivity index (χ4n) is 2.17. The van der Waals surface area contributed by atoms with Crippen molar-refractivity contribution >= 4 is 11.9 Å². The van der Waals surface area contributed by atoms with Gasteiger partial charge in [0, 0.05) is 0 Å². The predicted octanol–water partition coefficient (Wildman–Crippen LogP) is -0.971. The van der Waals surface area contributed by atoms with Gasteiger partial charge in [0.05, 0.1) is 26.1 Å². The molecule has 0 unspecified atom stereocenters. The zero-order valence-electron chi connectivity index (χ0n) is 10.3. The van der Waals surface area contributed by atoms with Gasteiger partial charge in [-0.3, -0.25) is 9.59 Å². The lowest BCUT2D eigenvalue weighted by atomic mass is 10.1. The summed E-state index contributed by atoms with van der Waals surface area (Å²) in [6.45, 7) is 0.0656. The molecule has 0 saturated carbocycles. The molecule has 0 aromatic carbocycles. The van der Waals surface area contributed by atoms with Crippen LogP contribution in [0.1, 0.15) is 12.8 Å². The van der Waals surface area contributed by atoms with Crippen LogP contribution >= 0.6 is 0 Å². The van der Waals surface area contributed by atoms with Crippen LogP contribution in [0.25, 0.3) is 0 Å². The number of carbonyl (C=O) groups is 2. The molecular formula is C10H14NO9+. The van der Waals surface area contributed by atoms with Crippen LogP contribution in [0.2, 0.25) is 0 Å². The van der Waals surface area contributed by atoms with Gasteiger partial charge < -0.3 is 19.3 Å². The van der Waals surface area contributed by atoms with E-state index in [1.807, 2.05) is 0 Å². The Bertz CT molecular complexity index is 412. The summed E-state index contributed by atoms with van der Waals surface area (Å²) < 4.78 is 15.7. The molecule has 4 atom stereocenters. The summed E-state index contributed by atoms with van der Waals surface area (Å²) in [5.74, 6) is -1.76. The fourth-order valence-corrected chi connectivity index (χ4v) is 2.17. The Labute approximate surface area is 112 Å². The van der Waals surface area contributed by atoms with Gasteiger partial charge in [-0.2, -0.15) is 4.84 Å². The zero-order chi connectivity index (χ0) is 14.7. The number of rotatable bonds is 6. The van der Waals surface area contributed by atoms with Crippen LogP contribution in [0.15, 0.2) is 0 Å². The molecule has 0 bridgehead atoms. The molecule has 2 heterocycles. The van der Waals surface area contributed by atoms with Crippen LogP contribution in [0.3, 0.4) is 0 Å². The van der Waals surface area contributed by atoms with E-state index in [9.17, 15) is 14.5 Å². The Balaban J connectivity index is 1.83. The summed E-state index contributed by atoms with van der Waals surface area (Å²) in [7, 11) is 0. The third-order valence-corrected chi connectivity index (χ3v) is 3.01. The molecule has 20 heavy (non-hydrogen) atoms. The number of hydrogen-bond acceptors (Lipinski definition) is 7. The van der Waals surface area contributed by atoms with Gasteiger partial charge in [-0.25, -0.2) is 5.21 Å². The average Bonchev–Trinajstić information content (AvgIpc) is 2.91. The summed E-state index contributed by atoms with van der Waals surface area (Å²) in [4.78, 5) is 36.7. The first-order chi connectivity index (χ1) is 9.47. The topological polar surface area (TPSA) is 132 Å². The molecule has 112 valence electrons. The van der Waals surface area contributed by atoms with E-state index in [0.29, 0.717) is 0 Å². The molecule has 10 heteroatoms. The van der Waals surface area contributed by atoms with Gasteiger partial charge in [0.25, 0.3) is 0 Å². The van der Waals surface area contributed by atoms with E-state index in [2.05, 4.69) is 4.84 Å². The van der Waals surface area contributed by atoms with Crippen molar-refractivity contribution in [2.24, 2.45) is 0 Å². The van der Waals surface area contributed by atoms with Crippen LogP contribution in [-0.2, 0) is 28.6 Å². The summed E-state index contributed by atoms with van der Waals surface area (Å²) >= 11 is 0. The van der Waals surface area contributed by atoms with Gasteiger partial charge in [0.1, 0.15) is 17.1 Å². The number of carboxylic acid groups (broad SMARTS) is 1. The van der Waals surface area contributed by atoms with Gasteiger partial charge in [0.15, 0.2) is 6.10 Å². The highest BCUT2D eigenvalue weighted by Crippen LogP contribution is 2.30. The molecule has 10 nitrogen and oxygen atoms in total. The van der Waals surface area contributed by atoms with Crippen LogP contribution in [-0.4, -0.2) is 65.0 Å². The van der Waals surface area contributed by atoms with Crippen LogP contribution in [0.5, 0.6) is 0 Å². The monoisotopic (exact) mass is 292 g/mol. The predicted molar refractivity (Wildman–Crippen MR) is 56.5 cm³/mol. The van der Waals surface area contributed by atoms with Crippen molar-refractivity contribution in [3.63, 3.8) is 0 Å². The lowest BCUT2D eigenvalue weighted by molar-refractivity contribution is -0.982. The minimum Gasteiger partial charge on any atom is -0.481 e. The second-order valence-corrected chi connectivity index (χ2v) is 4.40. The second kappa shape index (κ2) is 6.01. The number of ether oxygens (including phenoxy) is 3. The Kier molecular flexibility index (Phi) is 4.35. The number of aliphatic carboxylic acids is 1. The van der Waals surface area contributed by atoms with Crippen molar-refractivity contribution in [2.45, 2.75) is 37.3 Å². The quantitative estimate of drug-likeness (QED) is 0.468. The van der Waals surface area contributed by atoms with Crippen LogP contribution < -0.4 is 0 Å². The van der Waals surface area contributed by atoms with E-state index in [4.69, 9.17) is 24.5 Å². The molecule has 0 aliphatic carbocycles. The Morgan fingerprint density at radius 2 is 1.75 bits per heavy atom. The van der Waals surface area contributed by atoms with Gasteiger partial charge in [-0.1, -0.05) is 0 Å². The molecule has 0 spiro atoms. The maximum absolute atomic E-state index is 11.4. The van der Waals surface area contributed by atoms with E-state index >= 15 is 0 Å². The minimum absolute atomic E-state index is 0.0117. The van der Waals surface area contributed by atoms with E-state index in [-0.39, 0.29) is 26.1 Å². The fraction of sp³-hybridized carbons (Fsp3) is 0.800. The van der Waals surface area contributed by atoms with Crippen molar-refractivity contribution in [3.8, 4) is 0 Å². The molecule has 2 aliphatic heterocycles. The Morgan fingerprint density at radius 1 is 1.15 bits per heavy atom. The molecule has 2 saturated heterocycles. The third-order valence-electron chi connectivity index (χ3n) is 3.01. The van der Waals surface area contributed by atoms with Crippen molar-refractivity contribution in [1.29, 1.82) is 0 Å². The average molecular weight is 292 g/mol. The molecule has 0 aromatic heterocycles. The van der Waals surface area contributed by atoms with E-state index in [1.165, 1.54) is 0 Å². The largest absolute Gasteiger partial charge is 0.481 e. The van der Waals surface area contributed by atoms with Gasteiger partial charge >= 0.3 is 17.0 Å². The standard InChI is InChI=1S/C10H13NO9/c12-7(13)1-2-8(14)19-5-3-17-10-6(20-11(15)16)4-18-9(5)10/h5-6,9-10H,1-4H2,(H-,12,13,15,16)/p+1/t5-,6+,9+,10+/m0/s1. The first-order valence-corrected chi connectivity index (χ1v) is 5.94. The molecule has 2 aliphatic rings. The number of esters is 1. The Hall–Kier alpha value is -1.94. The van der Waals surface area contributed by atoms with Gasteiger partial charge in [-0.05, 0) is 0 Å². The third kappa shape index (κ3) is 3.33. The van der Waals surface area contributed by atoms with Gasteiger partial charge in [-0.15, -0.1) is 0 Å². The van der Waals surface area contributed by atoms with Crippen molar-refractivity contribution < 1.29 is 44.0 Å². The Morgan fingerprint density at radius 3 is 2.35 bits per heavy atom. The highest BCUT2D eigenvalue weighted by Gasteiger charge is 2.53. The number of nitrogens with zero attached hydrogens (tertiary/aromatic N) is 1. The lowest BCUT2D eigenvalue weighted by Crippen LogP contribution is -2.36. The molecule has 0 amide bonds. The first-order valence-electron chi connectivity index (χ1n) is 5.94. The minimum atomic E-state index is -1.09. The summed E-state index contributed by atoms with van der Waals surface area (Å²) in [6, 6.07) is 0. The van der Waals surface area contributed by atoms with Gasteiger partial charge in [0.2, 0.25) is 6.10 Å². The molecule has 2 N–H and O–H groups in total. The van der Waals surface area contributed by atoms with Crippen LogP contribution in [0, 0.1) is 4.91 Å². The number of hydrogen-bond donors (Lipinski definition) is 2. The highest BCUT2D eigenvalue weighted by molar-refractivity contribution is 5.76. The summed E-state index contributed by atoms with van der Waals surface area (Å²) in [6.07, 6.45) is -3.26. The highest BCUT2D eigenvalue weighted by atomic mass is 17.0. The molecule has 0 radical (unpaired) electrons. The van der Waals surface area contributed by atoms with Crippen molar-refractivity contribution in [1.82, 2.24) is 0 Å². The van der Waals surface area contributed by atoms with E-state index in [1.54, 1.807) is 0 Å². The number of carboxylic acids is 1. The van der Waals surface area contributed by atoms with E-state index < -0.39 is 41.4 Å². The van der Waals surface area contributed by atoms with E-state index in [0.717, 1.165) is 0 Å². The maximum Gasteiger partial charge on any atom is 0.475 e. The zero-order valence-corrected chi connectivity index (χ0v) is 10.3. The van der Waals surface area contributed by atoms with Crippen molar-refractivity contribution in [2.75, 3.05) is 13.2 Å². The molecule has 0 aromatic rings. The normalized spacial score (nSPS) is 31.6. The van der Waals surface area contributed by atoms with Crippen LogP contribution in [0.4, 0.5) is 0 Å². The number of carbonyl (C=O) groups excluding carboxylic acids is 1. The van der Waals surface area contributed by atoms with Crippen molar-refractivity contribution in [3.05, 3.63) is 4.91 Å². The summed E-state index contributed by atoms with van der Waals surface area (Å²) in [5.41, 5.74) is 0.